The van der Waals surface area contributed by atoms with Crippen LogP contribution in [-0.4, -0.2) is 0 Å². The van der Waals surface area contributed by atoms with Crippen LogP contribution in [0.15, 0.2) is 24.3 Å². The first-order valence-corrected chi connectivity index (χ1v) is 7.35. The monoisotopic (exact) mass is 329 g/mol. The third-order valence-corrected chi connectivity index (χ3v) is 5.12. The standard InChI is InChI=1S/C13H13ClF3S.ClH/c1-2-3-4-11-7-9-5-6-10(14)8-12(9)18(11)13(15,16)17;/h5-8H,2-4H2,1H3;1H/q+1;. The fraction of sp³-hybridized carbons (Fsp3) is 0.385. The second kappa shape index (κ2) is 6.33. The molecule has 0 aliphatic carbocycles. The third kappa shape index (κ3) is 3.56. The number of hydrogen-bond donors (Lipinski definition) is 0. The molecule has 6 heteroatoms. The smallest absolute Gasteiger partial charge is 0.147 e. The summed E-state index contributed by atoms with van der Waals surface area (Å²) in [6, 6.07) is 6.43. The summed E-state index contributed by atoms with van der Waals surface area (Å²) >= 11 is 5.80. The number of rotatable bonds is 3. The molecule has 1 heterocycles. The summed E-state index contributed by atoms with van der Waals surface area (Å²) in [4.78, 5) is 0.488. The predicted octanol–water partition coefficient (Wildman–Crippen LogP) is 6.48. The molecule has 0 bridgehead atoms. The van der Waals surface area contributed by atoms with Crippen molar-refractivity contribution in [2.75, 3.05) is 0 Å². The number of aryl methyl sites for hydroxylation is 1. The lowest BCUT2D eigenvalue weighted by Gasteiger charge is -1.99. The number of halogens is 5. The minimum Gasteiger partial charge on any atom is -0.147 e. The Kier molecular flexibility index (Phi) is 5.53. The molecule has 1 atom stereocenters. The summed E-state index contributed by atoms with van der Waals surface area (Å²) in [5.41, 5.74) is -4.21. The molecule has 1 unspecified atom stereocenters. The predicted molar refractivity (Wildman–Crippen MR) is 78.6 cm³/mol. The van der Waals surface area contributed by atoms with Crippen molar-refractivity contribution in [1.29, 1.82) is 0 Å². The van der Waals surface area contributed by atoms with Crippen molar-refractivity contribution in [3.63, 3.8) is 0 Å². The average Bonchev–Trinajstić information content (AvgIpc) is 2.63. The zero-order chi connectivity index (χ0) is 13.3. The fourth-order valence-corrected chi connectivity index (χ4v) is 4.24. The molecule has 1 aromatic carbocycles. The van der Waals surface area contributed by atoms with Gasteiger partial charge < -0.3 is 0 Å². The Balaban J connectivity index is 0.00000180. The van der Waals surface area contributed by atoms with Crippen LogP contribution in [-0.2, 0) is 11.9 Å². The summed E-state index contributed by atoms with van der Waals surface area (Å²) in [6.45, 7) is 1.98. The van der Waals surface area contributed by atoms with Gasteiger partial charge in [-0.05, 0) is 18.6 Å². The highest BCUT2D eigenvalue weighted by Crippen LogP contribution is 2.51. The summed E-state index contributed by atoms with van der Waals surface area (Å²) in [5.74, 6) is 0. The molecule has 0 spiro atoms. The van der Waals surface area contributed by atoms with Crippen LogP contribution < -0.4 is 0 Å². The Morgan fingerprint density at radius 3 is 2.47 bits per heavy atom. The van der Waals surface area contributed by atoms with E-state index < -0.39 is 16.0 Å². The van der Waals surface area contributed by atoms with Gasteiger partial charge in [-0.15, -0.1) is 25.6 Å². The van der Waals surface area contributed by atoms with Gasteiger partial charge in [-0.25, -0.2) is 0 Å². The van der Waals surface area contributed by atoms with Crippen molar-refractivity contribution in [3.05, 3.63) is 34.2 Å². The van der Waals surface area contributed by atoms with Crippen LogP contribution in [0, 0.1) is 0 Å². The summed E-state index contributed by atoms with van der Waals surface area (Å²) in [6.07, 6.45) is 2.18. The maximum Gasteiger partial charge on any atom is 0.600 e. The van der Waals surface area contributed by atoms with Gasteiger partial charge in [0, 0.05) is 29.0 Å². The van der Waals surface area contributed by atoms with Gasteiger partial charge in [0.05, 0.1) is 10.5 Å². The molecule has 0 amide bonds. The van der Waals surface area contributed by atoms with Crippen molar-refractivity contribution in [2.24, 2.45) is 0 Å². The Morgan fingerprint density at radius 2 is 1.89 bits per heavy atom. The second-order valence-corrected chi connectivity index (χ2v) is 6.62. The van der Waals surface area contributed by atoms with Crippen LogP contribution in [0.1, 0.15) is 24.6 Å². The molecule has 2 rings (SSSR count). The minimum atomic E-state index is -4.21. The molecule has 0 nitrogen and oxygen atoms in total. The number of alkyl halides is 3. The minimum absolute atomic E-state index is 0. The van der Waals surface area contributed by atoms with Crippen LogP contribution in [0.3, 0.4) is 0 Å². The van der Waals surface area contributed by atoms with Crippen LogP contribution in [0.4, 0.5) is 13.2 Å². The summed E-state index contributed by atoms with van der Waals surface area (Å²) in [7, 11) is -1.79. The Hall–Kier alpha value is -0.450. The van der Waals surface area contributed by atoms with Gasteiger partial charge >= 0.3 is 5.51 Å². The molecule has 1 aromatic heterocycles. The van der Waals surface area contributed by atoms with Gasteiger partial charge in [0.15, 0.2) is 9.58 Å². The first-order chi connectivity index (χ1) is 8.43. The Bertz CT molecular complexity index is 561. The Labute approximate surface area is 123 Å². The van der Waals surface area contributed by atoms with Crippen LogP contribution in [0.2, 0.25) is 5.02 Å². The molecular weight excluding hydrogens is 316 g/mol. The topological polar surface area (TPSA) is 0 Å². The average molecular weight is 330 g/mol. The zero-order valence-electron chi connectivity index (χ0n) is 10.3. The van der Waals surface area contributed by atoms with E-state index in [-0.39, 0.29) is 12.4 Å². The second-order valence-electron chi connectivity index (χ2n) is 4.15. The normalized spacial score (nSPS) is 12.6. The molecule has 0 saturated heterocycles. The molecule has 106 valence electrons. The van der Waals surface area contributed by atoms with Crippen LogP contribution >= 0.6 is 34.5 Å². The van der Waals surface area contributed by atoms with E-state index in [1.165, 1.54) is 6.07 Å². The SMILES string of the molecule is CCCCc1cc2ccc(Cl)cc2[s+]1C(F)(F)F.Cl. The lowest BCUT2D eigenvalue weighted by molar-refractivity contribution is -0.0867. The van der Waals surface area contributed by atoms with Gasteiger partial charge in [-0.3, -0.25) is 0 Å². The van der Waals surface area contributed by atoms with E-state index in [0.717, 1.165) is 12.8 Å². The van der Waals surface area contributed by atoms with Gasteiger partial charge in [0.2, 0.25) is 0 Å². The van der Waals surface area contributed by atoms with E-state index in [1.54, 1.807) is 18.2 Å². The maximum atomic E-state index is 13.2. The molecule has 0 N–H and O–H groups in total. The zero-order valence-corrected chi connectivity index (χ0v) is 12.6. The number of thiophene rings is 1. The molecule has 19 heavy (non-hydrogen) atoms. The van der Waals surface area contributed by atoms with Crippen molar-refractivity contribution in [1.82, 2.24) is 0 Å². The van der Waals surface area contributed by atoms with Gasteiger partial charge in [0.25, 0.3) is 0 Å². The van der Waals surface area contributed by atoms with Gasteiger partial charge in [-0.1, -0.05) is 24.9 Å². The molecule has 0 radical (unpaired) electrons. The first kappa shape index (κ1) is 16.6. The third-order valence-electron chi connectivity index (χ3n) is 2.78. The maximum absolute atomic E-state index is 13.2. The van der Waals surface area contributed by atoms with Crippen molar-refractivity contribution in [3.8, 4) is 0 Å². The largest absolute Gasteiger partial charge is 0.600 e. The highest BCUT2D eigenvalue weighted by molar-refractivity contribution is 7.38. The lowest BCUT2D eigenvalue weighted by atomic mass is 10.2. The van der Waals surface area contributed by atoms with Crippen molar-refractivity contribution < 1.29 is 13.2 Å². The number of unbranched alkanes of at least 4 members (excludes halogenated alkanes) is 1. The van der Waals surface area contributed by atoms with E-state index in [9.17, 15) is 13.2 Å². The molecule has 0 saturated carbocycles. The summed E-state index contributed by atoms with van der Waals surface area (Å²) in [5, 5.41) is 1.02. The summed E-state index contributed by atoms with van der Waals surface area (Å²) < 4.78 is 39.9. The number of hydrogen-bond acceptors (Lipinski definition) is 0. The lowest BCUT2D eigenvalue weighted by Crippen LogP contribution is -1.98. The number of benzene rings is 1. The highest BCUT2D eigenvalue weighted by atomic mass is 35.5. The molecular formula is C13H14Cl2F3S+. The molecule has 0 aliphatic rings. The Morgan fingerprint density at radius 1 is 1.21 bits per heavy atom. The first-order valence-electron chi connectivity index (χ1n) is 5.74. The van der Waals surface area contributed by atoms with E-state index in [2.05, 4.69) is 0 Å². The molecule has 0 aliphatic heterocycles. The molecule has 0 fully saturated rings. The fourth-order valence-electron chi connectivity index (χ4n) is 1.98. The van der Waals surface area contributed by atoms with E-state index in [0.29, 0.717) is 26.4 Å². The van der Waals surface area contributed by atoms with Crippen LogP contribution in [0.25, 0.3) is 10.1 Å². The number of fused-ring (bicyclic) bond motifs is 1. The van der Waals surface area contributed by atoms with E-state index >= 15 is 0 Å². The van der Waals surface area contributed by atoms with E-state index in [4.69, 9.17) is 11.6 Å². The van der Waals surface area contributed by atoms with Gasteiger partial charge in [-0.2, -0.15) is 0 Å². The molecule has 2 aromatic rings. The van der Waals surface area contributed by atoms with Crippen LogP contribution in [0.5, 0.6) is 0 Å². The highest BCUT2D eigenvalue weighted by Gasteiger charge is 2.47. The van der Waals surface area contributed by atoms with Crippen molar-refractivity contribution >= 4 is 44.6 Å². The van der Waals surface area contributed by atoms with Crippen molar-refractivity contribution in [2.45, 2.75) is 31.7 Å². The van der Waals surface area contributed by atoms with E-state index in [1.807, 2.05) is 6.92 Å². The van der Waals surface area contributed by atoms with Gasteiger partial charge in [0.1, 0.15) is 0 Å². The quantitative estimate of drug-likeness (QED) is 0.565.